The van der Waals surface area contributed by atoms with Crippen LogP contribution in [0.4, 0.5) is 17.1 Å². The van der Waals surface area contributed by atoms with Crippen molar-refractivity contribution in [3.63, 3.8) is 0 Å². The van der Waals surface area contributed by atoms with Crippen molar-refractivity contribution in [3.8, 4) is 0 Å². The molecule has 0 radical (unpaired) electrons. The first-order valence-corrected chi connectivity index (χ1v) is 9.52. The molecule has 0 heterocycles. The Hall–Kier alpha value is -2.94. The highest BCUT2D eigenvalue weighted by Crippen LogP contribution is 2.31. The van der Waals surface area contributed by atoms with Gasteiger partial charge in [0, 0.05) is 27.8 Å². The molecule has 28 heavy (non-hydrogen) atoms. The second kappa shape index (κ2) is 8.39. The minimum absolute atomic E-state index is 0.126. The first-order chi connectivity index (χ1) is 13.3. The molecule has 2 aromatic carbocycles. The molecule has 0 spiro atoms. The van der Waals surface area contributed by atoms with Crippen LogP contribution in [0.2, 0.25) is 0 Å². The van der Waals surface area contributed by atoms with Gasteiger partial charge in [-0.1, -0.05) is 15.9 Å². The number of halogens is 1. The van der Waals surface area contributed by atoms with Crippen LogP contribution in [0.5, 0.6) is 0 Å². The smallest absolute Gasteiger partial charge is 0.293 e. The monoisotopic (exact) mass is 446 g/mol. The minimum atomic E-state index is -0.552. The Morgan fingerprint density at radius 1 is 1.18 bits per heavy atom. The summed E-state index contributed by atoms with van der Waals surface area (Å²) in [5.74, 6) is -0.941. The molecule has 1 fully saturated rings. The fourth-order valence-electron chi connectivity index (χ4n) is 2.62. The maximum atomic E-state index is 12.3. The third-order valence-electron chi connectivity index (χ3n) is 4.27. The number of rotatable bonds is 7. The molecule has 2 aromatic rings. The Kier molecular flexibility index (Phi) is 5.93. The van der Waals surface area contributed by atoms with Crippen molar-refractivity contribution < 1.29 is 14.5 Å². The van der Waals surface area contributed by atoms with E-state index in [1.165, 1.54) is 18.2 Å². The topological polar surface area (TPSA) is 113 Å². The second-order valence-corrected chi connectivity index (χ2v) is 7.51. The minimum Gasteiger partial charge on any atom is -0.377 e. The fourth-order valence-corrected chi connectivity index (χ4v) is 3.09. The van der Waals surface area contributed by atoms with Gasteiger partial charge in [0.1, 0.15) is 5.69 Å². The lowest BCUT2D eigenvalue weighted by atomic mass is 10.1. The van der Waals surface area contributed by atoms with E-state index < -0.39 is 10.8 Å². The molecule has 9 heteroatoms. The average Bonchev–Trinajstić information content (AvgIpc) is 3.46. The van der Waals surface area contributed by atoms with Crippen LogP contribution in [0.15, 0.2) is 40.9 Å². The van der Waals surface area contributed by atoms with E-state index in [1.54, 1.807) is 12.1 Å². The van der Waals surface area contributed by atoms with Crippen molar-refractivity contribution >= 4 is 44.8 Å². The number of nitro benzene ring substituents is 1. The Morgan fingerprint density at radius 3 is 2.54 bits per heavy atom. The highest BCUT2D eigenvalue weighted by molar-refractivity contribution is 9.10. The molecule has 0 saturated heterocycles. The van der Waals surface area contributed by atoms with Gasteiger partial charge in [0.25, 0.3) is 11.6 Å². The molecule has 3 rings (SSSR count). The van der Waals surface area contributed by atoms with Gasteiger partial charge in [-0.15, -0.1) is 0 Å². The van der Waals surface area contributed by atoms with Crippen molar-refractivity contribution in [1.82, 2.24) is 5.32 Å². The van der Waals surface area contributed by atoms with E-state index in [-0.39, 0.29) is 29.7 Å². The van der Waals surface area contributed by atoms with Crippen LogP contribution in [0, 0.1) is 17.0 Å². The van der Waals surface area contributed by atoms with E-state index in [9.17, 15) is 19.7 Å². The van der Waals surface area contributed by atoms with Crippen LogP contribution in [0.25, 0.3) is 0 Å². The van der Waals surface area contributed by atoms with Crippen molar-refractivity contribution in [2.24, 2.45) is 0 Å². The molecule has 1 aliphatic rings. The summed E-state index contributed by atoms with van der Waals surface area (Å²) in [4.78, 5) is 35.1. The van der Waals surface area contributed by atoms with Crippen LogP contribution in [0.3, 0.4) is 0 Å². The van der Waals surface area contributed by atoms with E-state index >= 15 is 0 Å². The first kappa shape index (κ1) is 19.8. The molecule has 3 N–H and O–H groups in total. The molecule has 1 saturated carbocycles. The van der Waals surface area contributed by atoms with Gasteiger partial charge in [-0.25, -0.2) is 0 Å². The summed E-state index contributed by atoms with van der Waals surface area (Å²) in [5, 5.41) is 19.6. The van der Waals surface area contributed by atoms with E-state index in [0.717, 1.165) is 22.9 Å². The number of anilines is 2. The molecule has 146 valence electrons. The van der Waals surface area contributed by atoms with Crippen molar-refractivity contribution in [3.05, 3.63) is 62.1 Å². The fraction of sp³-hybridized carbons (Fsp3) is 0.263. The number of benzene rings is 2. The van der Waals surface area contributed by atoms with Crippen LogP contribution in [0.1, 0.15) is 28.8 Å². The average molecular weight is 447 g/mol. The molecule has 0 atom stereocenters. The van der Waals surface area contributed by atoms with Gasteiger partial charge < -0.3 is 16.0 Å². The quantitative estimate of drug-likeness (QED) is 0.443. The van der Waals surface area contributed by atoms with Gasteiger partial charge in [0.2, 0.25) is 5.91 Å². The number of amides is 2. The lowest BCUT2D eigenvalue weighted by Crippen LogP contribution is -2.33. The van der Waals surface area contributed by atoms with Crippen molar-refractivity contribution in [2.75, 3.05) is 17.2 Å². The summed E-state index contributed by atoms with van der Waals surface area (Å²) in [5.41, 5.74) is 1.89. The standard InChI is InChI=1S/C19H19BrN4O4/c1-11-8-13(20)3-7-15(11)23-18(25)10-21-19(26)12-2-6-16(22-14-4-5-14)17(9-12)24(27)28/h2-3,6-9,14,22H,4-5,10H2,1H3,(H,21,26)(H,23,25). The normalized spacial score (nSPS) is 12.9. The zero-order chi connectivity index (χ0) is 20.3. The molecule has 2 amide bonds. The SMILES string of the molecule is Cc1cc(Br)ccc1NC(=O)CNC(=O)c1ccc(NC2CC2)c([N+](=O)[O-])c1. The predicted molar refractivity (Wildman–Crippen MR) is 110 cm³/mol. The van der Waals surface area contributed by atoms with Crippen molar-refractivity contribution in [1.29, 1.82) is 0 Å². The number of nitrogens with one attached hydrogen (secondary N) is 3. The number of nitrogens with zero attached hydrogens (tertiary/aromatic N) is 1. The molecular weight excluding hydrogens is 428 g/mol. The molecule has 0 bridgehead atoms. The Balaban J connectivity index is 1.61. The van der Waals surface area contributed by atoms with Gasteiger partial charge in [-0.3, -0.25) is 19.7 Å². The maximum Gasteiger partial charge on any atom is 0.293 e. The van der Waals surface area contributed by atoms with Crippen LogP contribution in [-0.4, -0.2) is 29.3 Å². The Bertz CT molecular complexity index is 944. The lowest BCUT2D eigenvalue weighted by Gasteiger charge is -2.10. The van der Waals surface area contributed by atoms with Gasteiger partial charge in [0.15, 0.2) is 0 Å². The summed E-state index contributed by atoms with van der Waals surface area (Å²) >= 11 is 3.35. The summed E-state index contributed by atoms with van der Waals surface area (Å²) in [6, 6.07) is 9.93. The zero-order valence-electron chi connectivity index (χ0n) is 15.1. The number of hydrogen-bond donors (Lipinski definition) is 3. The first-order valence-electron chi connectivity index (χ1n) is 8.72. The van der Waals surface area contributed by atoms with Gasteiger partial charge in [-0.2, -0.15) is 0 Å². The number of carbonyl (C=O) groups excluding carboxylic acids is 2. The highest BCUT2D eigenvalue weighted by atomic mass is 79.9. The predicted octanol–water partition coefficient (Wildman–Crippen LogP) is 3.61. The third kappa shape index (κ3) is 5.07. The largest absolute Gasteiger partial charge is 0.377 e. The van der Waals surface area contributed by atoms with E-state index in [4.69, 9.17) is 0 Å². The van der Waals surface area contributed by atoms with Crippen LogP contribution in [-0.2, 0) is 4.79 Å². The summed E-state index contributed by atoms with van der Waals surface area (Å²) in [7, 11) is 0. The Morgan fingerprint density at radius 2 is 1.89 bits per heavy atom. The number of aryl methyl sites for hydroxylation is 1. The summed E-state index contributed by atoms with van der Waals surface area (Å²) in [6.07, 6.45) is 1.96. The van der Waals surface area contributed by atoms with E-state index in [1.807, 2.05) is 13.0 Å². The second-order valence-electron chi connectivity index (χ2n) is 6.60. The van der Waals surface area contributed by atoms with Crippen molar-refractivity contribution in [2.45, 2.75) is 25.8 Å². The zero-order valence-corrected chi connectivity index (χ0v) is 16.7. The Labute approximate surface area is 170 Å². The number of carbonyl (C=O) groups is 2. The van der Waals surface area contributed by atoms with Gasteiger partial charge >= 0.3 is 0 Å². The molecule has 8 nitrogen and oxygen atoms in total. The maximum absolute atomic E-state index is 12.3. The molecule has 0 aliphatic heterocycles. The van der Waals surface area contributed by atoms with E-state index in [2.05, 4.69) is 31.9 Å². The van der Waals surface area contributed by atoms with Gasteiger partial charge in [0.05, 0.1) is 11.5 Å². The molecular formula is C19H19BrN4O4. The van der Waals surface area contributed by atoms with Gasteiger partial charge in [-0.05, 0) is 55.7 Å². The lowest BCUT2D eigenvalue weighted by molar-refractivity contribution is -0.384. The number of nitro groups is 1. The summed E-state index contributed by atoms with van der Waals surface area (Å²) < 4.78 is 0.900. The third-order valence-corrected chi connectivity index (χ3v) is 4.76. The number of hydrogen-bond acceptors (Lipinski definition) is 5. The highest BCUT2D eigenvalue weighted by Gasteiger charge is 2.25. The van der Waals surface area contributed by atoms with E-state index in [0.29, 0.717) is 11.4 Å². The van der Waals surface area contributed by atoms with Crippen LogP contribution >= 0.6 is 15.9 Å². The van der Waals surface area contributed by atoms with Crippen LogP contribution < -0.4 is 16.0 Å². The molecule has 1 aliphatic carbocycles. The summed E-state index contributed by atoms with van der Waals surface area (Å²) in [6.45, 7) is 1.61. The molecule has 0 unspecified atom stereocenters. The molecule has 0 aromatic heterocycles.